The van der Waals surface area contributed by atoms with Crippen LogP contribution in [0, 0.1) is 32.4 Å². The highest BCUT2D eigenvalue weighted by atomic mass is 19.2. The smallest absolute Gasteiger partial charge is 0.343 e. The number of carbonyl (C=O) groups excluding carboxylic acids is 2. The Hall–Kier alpha value is -4.14. The summed E-state index contributed by atoms with van der Waals surface area (Å²) < 4.78 is 33.4. The Morgan fingerprint density at radius 2 is 1.79 bits per heavy atom. The number of hydrogen-bond acceptors (Lipinski definition) is 5. The Bertz CT molecular complexity index is 1450. The van der Waals surface area contributed by atoms with E-state index in [1.807, 2.05) is 32.9 Å². The molecule has 0 spiro atoms. The lowest BCUT2D eigenvalue weighted by molar-refractivity contribution is 0.0527. The second-order valence-electron chi connectivity index (χ2n) is 7.90. The van der Waals surface area contributed by atoms with Crippen LogP contribution in [0.2, 0.25) is 0 Å². The monoisotopic (exact) mass is 464 g/mol. The molecule has 2 aromatic carbocycles. The number of amides is 1. The van der Waals surface area contributed by atoms with Gasteiger partial charge in [-0.05, 0) is 69.2 Å². The summed E-state index contributed by atoms with van der Waals surface area (Å²) in [6, 6.07) is 8.61. The number of hydrogen-bond donors (Lipinski definition) is 1. The molecule has 0 saturated heterocycles. The predicted octanol–water partition coefficient (Wildman–Crippen LogP) is 5.05. The van der Waals surface area contributed by atoms with Crippen molar-refractivity contribution in [3.05, 3.63) is 82.0 Å². The summed E-state index contributed by atoms with van der Waals surface area (Å²) in [6.45, 7) is 7.66. The van der Waals surface area contributed by atoms with Crippen molar-refractivity contribution in [3.8, 4) is 5.82 Å². The van der Waals surface area contributed by atoms with Gasteiger partial charge in [-0.25, -0.2) is 18.6 Å². The third-order valence-electron chi connectivity index (χ3n) is 5.34. The quantitative estimate of drug-likeness (QED) is 0.418. The minimum absolute atomic E-state index is 0.00189. The summed E-state index contributed by atoms with van der Waals surface area (Å²) in [5.41, 5.74) is 3.62. The van der Waals surface area contributed by atoms with E-state index in [1.54, 1.807) is 13.0 Å². The maximum Gasteiger partial charge on any atom is 0.343 e. The molecular weight excluding hydrogens is 442 g/mol. The molecule has 4 aromatic rings. The average Bonchev–Trinajstić information content (AvgIpc) is 3.20. The average molecular weight is 464 g/mol. The topological polar surface area (TPSA) is 86.1 Å². The van der Waals surface area contributed by atoms with E-state index in [0.29, 0.717) is 5.82 Å². The van der Waals surface area contributed by atoms with Gasteiger partial charge in [-0.15, -0.1) is 0 Å². The van der Waals surface area contributed by atoms with Gasteiger partial charge in [0.2, 0.25) is 0 Å². The number of benzene rings is 2. The van der Waals surface area contributed by atoms with E-state index in [0.717, 1.165) is 45.8 Å². The molecule has 2 aromatic heterocycles. The van der Waals surface area contributed by atoms with E-state index in [1.165, 1.54) is 10.9 Å². The number of ether oxygens (including phenoxy) is 1. The van der Waals surface area contributed by atoms with Crippen LogP contribution in [0.25, 0.3) is 16.7 Å². The number of anilines is 1. The molecule has 0 saturated carbocycles. The zero-order valence-electron chi connectivity index (χ0n) is 19.1. The summed E-state index contributed by atoms with van der Waals surface area (Å²) in [4.78, 5) is 30.1. The first-order valence-electron chi connectivity index (χ1n) is 10.6. The molecule has 0 aliphatic heterocycles. The predicted molar refractivity (Wildman–Crippen MR) is 123 cm³/mol. The van der Waals surface area contributed by atoms with Crippen molar-refractivity contribution in [1.29, 1.82) is 0 Å². The molecule has 0 aliphatic carbocycles. The van der Waals surface area contributed by atoms with Gasteiger partial charge in [0.25, 0.3) is 5.91 Å². The number of pyridine rings is 1. The lowest BCUT2D eigenvalue weighted by atomic mass is 10.0. The van der Waals surface area contributed by atoms with Crippen LogP contribution >= 0.6 is 0 Å². The molecule has 4 rings (SSSR count). The largest absolute Gasteiger partial charge is 0.462 e. The summed E-state index contributed by atoms with van der Waals surface area (Å²) in [5.74, 6) is -3.31. The molecule has 0 atom stereocenters. The van der Waals surface area contributed by atoms with Crippen LogP contribution in [0.1, 0.15) is 44.3 Å². The van der Waals surface area contributed by atoms with Crippen LogP contribution in [0.4, 0.5) is 14.6 Å². The summed E-state index contributed by atoms with van der Waals surface area (Å²) in [7, 11) is 0. The number of nitrogens with zero attached hydrogens (tertiary/aromatic N) is 3. The third-order valence-corrected chi connectivity index (χ3v) is 5.34. The van der Waals surface area contributed by atoms with Crippen LogP contribution in [0.15, 0.2) is 42.6 Å². The maximum absolute atomic E-state index is 13.7. The van der Waals surface area contributed by atoms with Gasteiger partial charge in [-0.1, -0.05) is 11.6 Å². The molecule has 9 heteroatoms. The first-order valence-corrected chi connectivity index (χ1v) is 10.6. The molecule has 0 bridgehead atoms. The first-order chi connectivity index (χ1) is 16.2. The molecule has 34 heavy (non-hydrogen) atoms. The first kappa shape index (κ1) is 23.0. The van der Waals surface area contributed by atoms with Crippen molar-refractivity contribution in [1.82, 2.24) is 14.8 Å². The van der Waals surface area contributed by atoms with Gasteiger partial charge in [0.05, 0.1) is 18.3 Å². The third kappa shape index (κ3) is 4.24. The van der Waals surface area contributed by atoms with Crippen LogP contribution in [-0.2, 0) is 4.74 Å². The van der Waals surface area contributed by atoms with Gasteiger partial charge in [0.15, 0.2) is 23.3 Å². The van der Waals surface area contributed by atoms with E-state index >= 15 is 0 Å². The van der Waals surface area contributed by atoms with Crippen molar-refractivity contribution in [2.45, 2.75) is 27.7 Å². The minimum atomic E-state index is -1.16. The Morgan fingerprint density at radius 1 is 1.03 bits per heavy atom. The molecule has 7 nitrogen and oxygen atoms in total. The van der Waals surface area contributed by atoms with Gasteiger partial charge >= 0.3 is 5.97 Å². The Labute approximate surface area is 194 Å². The van der Waals surface area contributed by atoms with E-state index in [4.69, 9.17) is 9.72 Å². The number of aryl methyl sites for hydroxylation is 3. The molecule has 174 valence electrons. The zero-order chi connectivity index (χ0) is 24.6. The van der Waals surface area contributed by atoms with Gasteiger partial charge < -0.3 is 10.1 Å². The highest BCUT2D eigenvalue weighted by Crippen LogP contribution is 2.27. The second kappa shape index (κ2) is 9.01. The van der Waals surface area contributed by atoms with Gasteiger partial charge in [0, 0.05) is 10.9 Å². The maximum atomic E-state index is 13.7. The van der Waals surface area contributed by atoms with Crippen LogP contribution in [-0.4, -0.2) is 33.2 Å². The van der Waals surface area contributed by atoms with Gasteiger partial charge in [-0.3, -0.25) is 4.79 Å². The number of fused-ring (bicyclic) bond motifs is 1. The molecule has 0 radical (unpaired) electrons. The van der Waals surface area contributed by atoms with Gasteiger partial charge in [0.1, 0.15) is 5.56 Å². The number of aromatic nitrogens is 3. The Morgan fingerprint density at radius 3 is 2.50 bits per heavy atom. The number of halogens is 2. The molecule has 1 N–H and O–H groups in total. The molecular formula is C25H22F2N4O3. The number of esters is 1. The molecule has 2 heterocycles. The summed E-state index contributed by atoms with van der Waals surface area (Å²) in [6.07, 6.45) is 1.27. The molecule has 1 amide bonds. The highest BCUT2D eigenvalue weighted by molar-refractivity contribution is 6.07. The van der Waals surface area contributed by atoms with Crippen molar-refractivity contribution >= 4 is 28.6 Å². The molecule has 0 aliphatic rings. The lowest BCUT2D eigenvalue weighted by Gasteiger charge is -2.13. The second-order valence-corrected chi connectivity index (χ2v) is 7.90. The van der Waals surface area contributed by atoms with Crippen LogP contribution < -0.4 is 5.32 Å². The zero-order valence-corrected chi connectivity index (χ0v) is 19.1. The van der Waals surface area contributed by atoms with Crippen LogP contribution in [0.5, 0.6) is 0 Å². The lowest BCUT2D eigenvalue weighted by Crippen LogP contribution is -2.19. The van der Waals surface area contributed by atoms with E-state index < -0.39 is 23.5 Å². The van der Waals surface area contributed by atoms with Crippen molar-refractivity contribution in [2.75, 3.05) is 11.9 Å². The minimum Gasteiger partial charge on any atom is -0.462 e. The number of rotatable bonds is 5. The van der Waals surface area contributed by atoms with E-state index in [2.05, 4.69) is 10.4 Å². The van der Waals surface area contributed by atoms with E-state index in [-0.39, 0.29) is 23.6 Å². The fourth-order valence-electron chi connectivity index (χ4n) is 3.75. The van der Waals surface area contributed by atoms with Crippen molar-refractivity contribution in [3.63, 3.8) is 0 Å². The number of carbonyl (C=O) groups is 2. The molecule has 0 fully saturated rings. The van der Waals surface area contributed by atoms with Crippen molar-refractivity contribution in [2.24, 2.45) is 0 Å². The Balaban J connectivity index is 1.84. The van der Waals surface area contributed by atoms with E-state index in [9.17, 15) is 18.4 Å². The normalized spacial score (nSPS) is 11.0. The highest BCUT2D eigenvalue weighted by Gasteiger charge is 2.23. The fraction of sp³-hybridized carbons (Fsp3) is 0.200. The van der Waals surface area contributed by atoms with Crippen molar-refractivity contribution < 1.29 is 23.1 Å². The summed E-state index contributed by atoms with van der Waals surface area (Å²) in [5, 5.41) is 7.83. The standard InChI is InChI=1S/C25H22F2N4O3/c1-5-34-25(33)18-12-28-31(23(18)30-24(32)16-6-7-19(26)20(27)11-16)21-10-14(3)17-9-13(2)8-15(4)22(17)29-21/h6-12H,5H2,1-4H3,(H,30,32). The van der Waals surface area contributed by atoms with Gasteiger partial charge in [-0.2, -0.15) is 9.78 Å². The van der Waals surface area contributed by atoms with Crippen LogP contribution in [0.3, 0.4) is 0 Å². The molecule has 0 unspecified atom stereocenters. The fourth-order valence-corrected chi connectivity index (χ4v) is 3.75. The Kier molecular flexibility index (Phi) is 6.10. The number of nitrogens with one attached hydrogen (secondary N) is 1. The summed E-state index contributed by atoms with van der Waals surface area (Å²) >= 11 is 0. The SMILES string of the molecule is CCOC(=O)c1cnn(-c2cc(C)c3cc(C)cc(C)c3n2)c1NC(=O)c1ccc(F)c(F)c1.